The predicted octanol–water partition coefficient (Wildman–Crippen LogP) is 5.09. The van der Waals surface area contributed by atoms with Crippen LogP contribution in [0.2, 0.25) is 0 Å². The number of hydrogen-bond acceptors (Lipinski definition) is 2. The summed E-state index contributed by atoms with van der Waals surface area (Å²) in [6.07, 6.45) is 1.35. The van der Waals surface area contributed by atoms with Gasteiger partial charge in [-0.2, -0.15) is 0 Å². The van der Waals surface area contributed by atoms with Gasteiger partial charge in [0, 0.05) is 34.7 Å². The molecule has 0 aromatic heterocycles. The SMILES string of the molecule is O=C(Nc1cccc(Br)c1)C1CCN(C(=O)c2cccc3ccccc23)CC1. The molecule has 4 nitrogen and oxygen atoms in total. The van der Waals surface area contributed by atoms with E-state index in [1.54, 1.807) is 0 Å². The van der Waals surface area contributed by atoms with Crippen LogP contribution in [0.1, 0.15) is 23.2 Å². The number of piperidine rings is 1. The Kier molecular flexibility index (Phi) is 5.44. The number of amides is 2. The average molecular weight is 437 g/mol. The van der Waals surface area contributed by atoms with E-state index in [4.69, 9.17) is 0 Å². The largest absolute Gasteiger partial charge is 0.339 e. The summed E-state index contributed by atoms with van der Waals surface area (Å²) in [5.74, 6) is -0.00597. The van der Waals surface area contributed by atoms with Gasteiger partial charge in [0.25, 0.3) is 5.91 Å². The van der Waals surface area contributed by atoms with Gasteiger partial charge in [-0.25, -0.2) is 0 Å². The number of likely N-dealkylation sites (tertiary alicyclic amines) is 1. The topological polar surface area (TPSA) is 49.4 Å². The van der Waals surface area contributed by atoms with Crippen LogP contribution in [0.3, 0.4) is 0 Å². The zero-order valence-corrected chi connectivity index (χ0v) is 17.0. The van der Waals surface area contributed by atoms with Gasteiger partial charge in [0.2, 0.25) is 5.91 Å². The Morgan fingerprint density at radius 2 is 1.64 bits per heavy atom. The van der Waals surface area contributed by atoms with Crippen LogP contribution < -0.4 is 5.32 Å². The maximum atomic E-state index is 13.0. The zero-order chi connectivity index (χ0) is 19.5. The van der Waals surface area contributed by atoms with Crippen molar-refractivity contribution in [3.63, 3.8) is 0 Å². The van der Waals surface area contributed by atoms with Crippen molar-refractivity contribution in [1.82, 2.24) is 4.90 Å². The van der Waals surface area contributed by atoms with E-state index < -0.39 is 0 Å². The molecule has 1 aliphatic rings. The molecule has 0 bridgehead atoms. The monoisotopic (exact) mass is 436 g/mol. The summed E-state index contributed by atoms with van der Waals surface area (Å²) in [6.45, 7) is 1.19. The quantitative estimate of drug-likeness (QED) is 0.621. The number of benzene rings is 3. The average Bonchev–Trinajstić information content (AvgIpc) is 2.73. The minimum Gasteiger partial charge on any atom is -0.339 e. The lowest BCUT2D eigenvalue weighted by atomic mass is 9.94. The van der Waals surface area contributed by atoms with Gasteiger partial charge in [0.05, 0.1) is 0 Å². The fraction of sp³-hybridized carbons (Fsp3) is 0.217. The summed E-state index contributed by atoms with van der Waals surface area (Å²) in [6, 6.07) is 21.3. The molecule has 1 aliphatic heterocycles. The maximum absolute atomic E-state index is 13.0. The van der Waals surface area contributed by atoms with Crippen LogP contribution in [0.25, 0.3) is 10.8 Å². The molecule has 0 unspecified atom stereocenters. The van der Waals surface area contributed by atoms with Crippen LogP contribution in [0.5, 0.6) is 0 Å². The molecule has 5 heteroatoms. The molecular weight excluding hydrogens is 416 g/mol. The number of carbonyl (C=O) groups excluding carboxylic acids is 2. The van der Waals surface area contributed by atoms with Crippen LogP contribution in [-0.2, 0) is 4.79 Å². The van der Waals surface area contributed by atoms with Gasteiger partial charge in [-0.15, -0.1) is 0 Å². The number of halogens is 1. The van der Waals surface area contributed by atoms with Crippen molar-refractivity contribution >= 4 is 44.2 Å². The number of rotatable bonds is 3. The van der Waals surface area contributed by atoms with Crippen molar-refractivity contribution in [2.45, 2.75) is 12.8 Å². The molecule has 4 rings (SSSR count). The summed E-state index contributed by atoms with van der Waals surface area (Å²) in [5, 5.41) is 5.02. The fourth-order valence-corrected chi connectivity index (χ4v) is 4.14. The van der Waals surface area contributed by atoms with E-state index in [-0.39, 0.29) is 17.7 Å². The summed E-state index contributed by atoms with van der Waals surface area (Å²) < 4.78 is 0.931. The molecule has 0 saturated carbocycles. The smallest absolute Gasteiger partial charge is 0.254 e. The van der Waals surface area contributed by atoms with E-state index in [0.717, 1.165) is 26.5 Å². The zero-order valence-electron chi connectivity index (χ0n) is 15.4. The first kappa shape index (κ1) is 18.7. The molecule has 3 aromatic rings. The Hall–Kier alpha value is -2.66. The van der Waals surface area contributed by atoms with Crippen molar-refractivity contribution in [3.8, 4) is 0 Å². The first-order chi connectivity index (χ1) is 13.6. The lowest BCUT2D eigenvalue weighted by Crippen LogP contribution is -2.41. The van der Waals surface area contributed by atoms with Gasteiger partial charge >= 0.3 is 0 Å². The van der Waals surface area contributed by atoms with E-state index in [1.807, 2.05) is 71.6 Å². The lowest BCUT2D eigenvalue weighted by molar-refractivity contribution is -0.121. The van der Waals surface area contributed by atoms with Crippen LogP contribution in [0.15, 0.2) is 71.2 Å². The molecular formula is C23H21BrN2O2. The van der Waals surface area contributed by atoms with Gasteiger partial charge in [-0.05, 0) is 47.9 Å². The molecule has 142 valence electrons. The van der Waals surface area contributed by atoms with Gasteiger partial charge in [-0.1, -0.05) is 58.4 Å². The number of hydrogen-bond donors (Lipinski definition) is 1. The van der Waals surface area contributed by atoms with Crippen molar-refractivity contribution in [3.05, 3.63) is 76.8 Å². The van der Waals surface area contributed by atoms with Gasteiger partial charge in [0.1, 0.15) is 0 Å². The minimum absolute atomic E-state index is 0.0235. The normalized spacial score (nSPS) is 14.8. The van der Waals surface area contributed by atoms with E-state index in [0.29, 0.717) is 25.9 Å². The van der Waals surface area contributed by atoms with Crippen molar-refractivity contribution < 1.29 is 9.59 Å². The molecule has 28 heavy (non-hydrogen) atoms. The number of carbonyl (C=O) groups is 2. The van der Waals surface area contributed by atoms with Crippen LogP contribution >= 0.6 is 15.9 Å². The van der Waals surface area contributed by atoms with Crippen molar-refractivity contribution in [2.24, 2.45) is 5.92 Å². The highest BCUT2D eigenvalue weighted by molar-refractivity contribution is 9.10. The molecule has 0 atom stereocenters. The van der Waals surface area contributed by atoms with Gasteiger partial charge < -0.3 is 10.2 Å². The highest BCUT2D eigenvalue weighted by Gasteiger charge is 2.28. The Morgan fingerprint density at radius 1 is 0.929 bits per heavy atom. The highest BCUT2D eigenvalue weighted by atomic mass is 79.9. The molecule has 1 fully saturated rings. The third-order valence-corrected chi connectivity index (χ3v) is 5.76. The van der Waals surface area contributed by atoms with Crippen LogP contribution in [-0.4, -0.2) is 29.8 Å². The number of fused-ring (bicyclic) bond motifs is 1. The molecule has 3 aromatic carbocycles. The van der Waals surface area contributed by atoms with Gasteiger partial charge in [0.15, 0.2) is 0 Å². The third kappa shape index (κ3) is 3.94. The van der Waals surface area contributed by atoms with Gasteiger partial charge in [-0.3, -0.25) is 9.59 Å². The summed E-state index contributed by atoms with van der Waals surface area (Å²) in [7, 11) is 0. The van der Waals surface area contributed by atoms with Crippen molar-refractivity contribution in [1.29, 1.82) is 0 Å². The Labute approximate surface area is 172 Å². The number of anilines is 1. The standard InChI is InChI=1S/C23H21BrN2O2/c24-18-7-4-8-19(15-18)25-22(27)17-11-13-26(14-12-17)23(28)21-10-3-6-16-5-1-2-9-20(16)21/h1-10,15,17H,11-14H2,(H,25,27). The fourth-order valence-electron chi connectivity index (χ4n) is 3.74. The molecule has 0 aliphatic carbocycles. The molecule has 0 radical (unpaired) electrons. The molecule has 0 spiro atoms. The number of nitrogens with zero attached hydrogens (tertiary/aromatic N) is 1. The second-order valence-electron chi connectivity index (χ2n) is 7.09. The summed E-state index contributed by atoms with van der Waals surface area (Å²) in [5.41, 5.74) is 1.52. The van der Waals surface area contributed by atoms with E-state index in [9.17, 15) is 9.59 Å². The third-order valence-electron chi connectivity index (χ3n) is 5.27. The molecule has 2 amide bonds. The minimum atomic E-state index is -0.0736. The van der Waals surface area contributed by atoms with Crippen LogP contribution in [0.4, 0.5) is 5.69 Å². The molecule has 1 N–H and O–H groups in total. The Morgan fingerprint density at radius 3 is 2.43 bits per heavy atom. The highest BCUT2D eigenvalue weighted by Crippen LogP contribution is 2.25. The second kappa shape index (κ2) is 8.15. The van der Waals surface area contributed by atoms with E-state index >= 15 is 0 Å². The molecule has 1 heterocycles. The maximum Gasteiger partial charge on any atom is 0.254 e. The Balaban J connectivity index is 1.41. The summed E-state index contributed by atoms with van der Waals surface area (Å²) in [4.78, 5) is 27.5. The molecule has 1 saturated heterocycles. The Bertz CT molecular complexity index is 1020. The van der Waals surface area contributed by atoms with Crippen LogP contribution in [0, 0.1) is 5.92 Å². The second-order valence-corrected chi connectivity index (χ2v) is 8.01. The number of nitrogens with one attached hydrogen (secondary N) is 1. The first-order valence-electron chi connectivity index (χ1n) is 9.45. The van der Waals surface area contributed by atoms with Crippen molar-refractivity contribution in [2.75, 3.05) is 18.4 Å². The predicted molar refractivity (Wildman–Crippen MR) is 115 cm³/mol. The first-order valence-corrected chi connectivity index (χ1v) is 10.2. The lowest BCUT2D eigenvalue weighted by Gasteiger charge is -2.31. The van der Waals surface area contributed by atoms with E-state index in [2.05, 4.69) is 21.2 Å². The van der Waals surface area contributed by atoms with E-state index in [1.165, 1.54) is 0 Å². The summed E-state index contributed by atoms with van der Waals surface area (Å²) >= 11 is 3.42.